The van der Waals surface area contributed by atoms with Crippen LogP contribution in [0.3, 0.4) is 0 Å². The molecule has 2 nitrogen and oxygen atoms in total. The van der Waals surface area contributed by atoms with Gasteiger partial charge in [0.15, 0.2) is 0 Å². The van der Waals surface area contributed by atoms with Crippen molar-refractivity contribution in [3.63, 3.8) is 0 Å². The van der Waals surface area contributed by atoms with Crippen LogP contribution in [0.4, 0.5) is 5.69 Å². The molecule has 2 heteroatoms. The third kappa shape index (κ3) is 2.96. The molecule has 2 aromatic carbocycles. The first-order valence-corrected chi connectivity index (χ1v) is 7.14. The van der Waals surface area contributed by atoms with Gasteiger partial charge in [0.2, 0.25) is 0 Å². The molecule has 0 amide bonds. The maximum absolute atomic E-state index is 10.1. The van der Waals surface area contributed by atoms with Gasteiger partial charge in [0.25, 0.3) is 0 Å². The fourth-order valence-corrected chi connectivity index (χ4v) is 2.41. The standard InChI is InChI=1S/C18H23NO/c1-5-15-7-9-16(10-8-15)19(4)14(3)17-11-6-13(2)12-18(17)20/h6-12,14,20H,5H2,1-4H3. The van der Waals surface area contributed by atoms with Gasteiger partial charge in [-0.1, -0.05) is 31.2 Å². The summed E-state index contributed by atoms with van der Waals surface area (Å²) < 4.78 is 0. The highest BCUT2D eigenvalue weighted by atomic mass is 16.3. The number of hydrogen-bond donors (Lipinski definition) is 1. The summed E-state index contributed by atoms with van der Waals surface area (Å²) in [5.41, 5.74) is 4.54. The number of phenols is 1. The number of anilines is 1. The lowest BCUT2D eigenvalue weighted by Crippen LogP contribution is -2.21. The molecular formula is C18H23NO. The van der Waals surface area contributed by atoms with E-state index in [4.69, 9.17) is 0 Å². The van der Waals surface area contributed by atoms with E-state index in [0.29, 0.717) is 5.75 Å². The molecule has 0 aliphatic carbocycles. The average Bonchev–Trinajstić information content (AvgIpc) is 2.46. The Morgan fingerprint density at radius 3 is 2.30 bits per heavy atom. The number of aryl methyl sites for hydroxylation is 2. The van der Waals surface area contributed by atoms with Gasteiger partial charge >= 0.3 is 0 Å². The fourth-order valence-electron chi connectivity index (χ4n) is 2.41. The second-order valence-corrected chi connectivity index (χ2v) is 5.37. The van der Waals surface area contributed by atoms with Crippen molar-refractivity contribution < 1.29 is 5.11 Å². The topological polar surface area (TPSA) is 23.5 Å². The van der Waals surface area contributed by atoms with Crippen LogP contribution < -0.4 is 4.90 Å². The smallest absolute Gasteiger partial charge is 0.121 e. The molecule has 0 aromatic heterocycles. The number of benzene rings is 2. The van der Waals surface area contributed by atoms with Gasteiger partial charge < -0.3 is 10.0 Å². The zero-order valence-electron chi connectivity index (χ0n) is 12.7. The van der Waals surface area contributed by atoms with Crippen LogP contribution >= 0.6 is 0 Å². The zero-order chi connectivity index (χ0) is 14.7. The number of nitrogens with zero attached hydrogens (tertiary/aromatic N) is 1. The fraction of sp³-hybridized carbons (Fsp3) is 0.333. The largest absolute Gasteiger partial charge is 0.508 e. The van der Waals surface area contributed by atoms with Gasteiger partial charge in [-0.15, -0.1) is 0 Å². The van der Waals surface area contributed by atoms with Crippen molar-refractivity contribution in [2.75, 3.05) is 11.9 Å². The molecule has 1 atom stereocenters. The summed E-state index contributed by atoms with van der Waals surface area (Å²) in [6, 6.07) is 14.6. The second kappa shape index (κ2) is 6.00. The van der Waals surface area contributed by atoms with Crippen molar-refractivity contribution in [1.82, 2.24) is 0 Å². The van der Waals surface area contributed by atoms with E-state index in [1.165, 1.54) is 5.56 Å². The molecular weight excluding hydrogens is 246 g/mol. The van der Waals surface area contributed by atoms with Crippen LogP contribution in [0.15, 0.2) is 42.5 Å². The van der Waals surface area contributed by atoms with E-state index in [-0.39, 0.29) is 6.04 Å². The lowest BCUT2D eigenvalue weighted by Gasteiger charge is -2.28. The van der Waals surface area contributed by atoms with E-state index in [1.54, 1.807) is 0 Å². The molecule has 0 bridgehead atoms. The number of phenolic OH excluding ortho intramolecular Hbond substituents is 1. The van der Waals surface area contributed by atoms with Gasteiger partial charge in [-0.3, -0.25) is 0 Å². The van der Waals surface area contributed by atoms with Crippen LogP contribution in [0.5, 0.6) is 5.75 Å². The summed E-state index contributed by atoms with van der Waals surface area (Å²) in [6.45, 7) is 6.26. The van der Waals surface area contributed by atoms with Crippen LogP contribution in [0.2, 0.25) is 0 Å². The van der Waals surface area contributed by atoms with E-state index in [9.17, 15) is 5.11 Å². The summed E-state index contributed by atoms with van der Waals surface area (Å²) >= 11 is 0. The first-order chi connectivity index (χ1) is 9.52. The molecule has 0 heterocycles. The van der Waals surface area contributed by atoms with Crippen molar-refractivity contribution in [1.29, 1.82) is 0 Å². The molecule has 2 rings (SSSR count). The molecule has 106 valence electrons. The Balaban J connectivity index is 2.24. The summed E-state index contributed by atoms with van der Waals surface area (Å²) in [6.07, 6.45) is 1.05. The van der Waals surface area contributed by atoms with Crippen LogP contribution in [-0.4, -0.2) is 12.2 Å². The third-order valence-corrected chi connectivity index (χ3v) is 3.97. The first kappa shape index (κ1) is 14.4. The predicted molar refractivity (Wildman–Crippen MR) is 85.5 cm³/mol. The van der Waals surface area contributed by atoms with Crippen molar-refractivity contribution in [3.8, 4) is 5.75 Å². The molecule has 1 unspecified atom stereocenters. The van der Waals surface area contributed by atoms with E-state index in [0.717, 1.165) is 23.2 Å². The molecule has 0 fully saturated rings. The van der Waals surface area contributed by atoms with Gasteiger partial charge in [-0.25, -0.2) is 0 Å². The SMILES string of the molecule is CCc1ccc(N(C)C(C)c2ccc(C)cc2O)cc1. The van der Waals surface area contributed by atoms with Gasteiger partial charge in [-0.05, 0) is 49.6 Å². The molecule has 0 spiro atoms. The molecule has 1 N–H and O–H groups in total. The zero-order valence-corrected chi connectivity index (χ0v) is 12.7. The van der Waals surface area contributed by atoms with E-state index in [1.807, 2.05) is 25.1 Å². The lowest BCUT2D eigenvalue weighted by atomic mass is 10.0. The molecule has 0 saturated carbocycles. The molecule has 0 radical (unpaired) electrons. The minimum Gasteiger partial charge on any atom is -0.508 e. The van der Waals surface area contributed by atoms with Gasteiger partial charge in [0, 0.05) is 18.3 Å². The summed E-state index contributed by atoms with van der Waals surface area (Å²) in [4.78, 5) is 2.18. The Hall–Kier alpha value is -1.96. The Labute approximate surface area is 121 Å². The monoisotopic (exact) mass is 269 g/mol. The Kier molecular flexibility index (Phi) is 4.33. The average molecular weight is 269 g/mol. The highest BCUT2D eigenvalue weighted by Gasteiger charge is 2.15. The number of hydrogen-bond acceptors (Lipinski definition) is 2. The predicted octanol–water partition coefficient (Wildman–Crippen LogP) is 4.46. The van der Waals surface area contributed by atoms with Crippen LogP contribution in [0.1, 0.15) is 36.6 Å². The molecule has 0 aliphatic heterocycles. The van der Waals surface area contributed by atoms with Crippen LogP contribution in [0.25, 0.3) is 0 Å². The van der Waals surface area contributed by atoms with Crippen molar-refractivity contribution in [2.45, 2.75) is 33.2 Å². The minimum absolute atomic E-state index is 0.128. The molecule has 0 saturated heterocycles. The van der Waals surface area contributed by atoms with Gasteiger partial charge in [-0.2, -0.15) is 0 Å². The van der Waals surface area contributed by atoms with E-state index >= 15 is 0 Å². The maximum Gasteiger partial charge on any atom is 0.121 e. The molecule has 20 heavy (non-hydrogen) atoms. The highest BCUT2D eigenvalue weighted by molar-refractivity contribution is 5.51. The molecule has 0 aliphatic rings. The minimum atomic E-state index is 0.128. The van der Waals surface area contributed by atoms with Crippen molar-refractivity contribution in [3.05, 3.63) is 59.2 Å². The summed E-state index contributed by atoms with van der Waals surface area (Å²) in [7, 11) is 2.06. The van der Waals surface area contributed by atoms with Gasteiger partial charge in [0.1, 0.15) is 5.75 Å². The maximum atomic E-state index is 10.1. The lowest BCUT2D eigenvalue weighted by molar-refractivity contribution is 0.462. The number of rotatable bonds is 4. The Morgan fingerprint density at radius 1 is 1.10 bits per heavy atom. The van der Waals surface area contributed by atoms with Gasteiger partial charge in [0.05, 0.1) is 6.04 Å². The van der Waals surface area contributed by atoms with Crippen molar-refractivity contribution in [2.24, 2.45) is 0 Å². The number of aromatic hydroxyl groups is 1. The Morgan fingerprint density at radius 2 is 1.75 bits per heavy atom. The van der Waals surface area contributed by atoms with E-state index < -0.39 is 0 Å². The summed E-state index contributed by atoms with van der Waals surface area (Å²) in [5, 5.41) is 10.1. The second-order valence-electron chi connectivity index (χ2n) is 5.37. The van der Waals surface area contributed by atoms with Crippen LogP contribution in [0, 0.1) is 6.92 Å². The van der Waals surface area contributed by atoms with E-state index in [2.05, 4.69) is 50.1 Å². The molecule has 2 aromatic rings. The van der Waals surface area contributed by atoms with Crippen molar-refractivity contribution >= 4 is 5.69 Å². The third-order valence-electron chi connectivity index (χ3n) is 3.97. The summed E-state index contributed by atoms with van der Waals surface area (Å²) in [5.74, 6) is 0.370. The first-order valence-electron chi connectivity index (χ1n) is 7.14. The quantitative estimate of drug-likeness (QED) is 0.885. The highest BCUT2D eigenvalue weighted by Crippen LogP contribution is 2.31. The Bertz CT molecular complexity index is 574. The normalized spacial score (nSPS) is 12.2. The van der Waals surface area contributed by atoms with Crippen LogP contribution in [-0.2, 0) is 6.42 Å².